The maximum atomic E-state index is 11.6. The number of carbonyl (C=O) groups excluding carboxylic acids is 1. The lowest BCUT2D eigenvalue weighted by Gasteiger charge is -2.00. The van der Waals surface area contributed by atoms with Gasteiger partial charge in [0.25, 0.3) is 0 Å². The van der Waals surface area contributed by atoms with E-state index in [1.54, 1.807) is 29.9 Å². The van der Waals surface area contributed by atoms with Crippen molar-refractivity contribution in [2.45, 2.75) is 4.90 Å². The normalized spacial score (nSPS) is 10.4. The van der Waals surface area contributed by atoms with Crippen LogP contribution in [-0.2, 0) is 4.79 Å². The van der Waals surface area contributed by atoms with Crippen molar-refractivity contribution in [3.63, 3.8) is 0 Å². The molecule has 1 aromatic heterocycles. The van der Waals surface area contributed by atoms with Crippen LogP contribution in [0.25, 0.3) is 0 Å². The molecule has 0 atom stereocenters. The highest BCUT2D eigenvalue weighted by Crippen LogP contribution is 2.17. The van der Waals surface area contributed by atoms with Gasteiger partial charge in [0.05, 0.1) is 0 Å². The smallest absolute Gasteiger partial charge is 0.248 e. The number of hydrogen-bond donors (Lipinski definition) is 1. The summed E-state index contributed by atoms with van der Waals surface area (Å²) in [5.74, 6) is -0.148. The number of hydrogen-bond acceptors (Lipinski definition) is 3. The fourth-order valence-electron chi connectivity index (χ4n) is 1.29. The number of carbonyl (C=O) groups is 1. The average Bonchev–Trinajstić information content (AvgIpc) is 2.41. The van der Waals surface area contributed by atoms with E-state index in [0.717, 1.165) is 10.6 Å². The summed E-state index contributed by atoms with van der Waals surface area (Å²) >= 11 is 1.51. The van der Waals surface area contributed by atoms with Gasteiger partial charge < -0.3 is 5.32 Å². The third kappa shape index (κ3) is 4.07. The number of anilines is 1. The number of thioether (sulfide) groups is 1. The lowest BCUT2D eigenvalue weighted by molar-refractivity contribution is -0.111. The zero-order chi connectivity index (χ0) is 12.6. The van der Waals surface area contributed by atoms with Crippen molar-refractivity contribution in [2.24, 2.45) is 0 Å². The van der Waals surface area contributed by atoms with Crippen LogP contribution in [0.1, 0.15) is 0 Å². The van der Waals surface area contributed by atoms with Crippen LogP contribution in [0.15, 0.2) is 71.2 Å². The van der Waals surface area contributed by atoms with Crippen molar-refractivity contribution >= 4 is 23.4 Å². The molecule has 90 valence electrons. The fourth-order valence-corrected chi connectivity index (χ4v) is 1.96. The molecule has 0 fully saturated rings. The fraction of sp³-hybridized carbons (Fsp3) is 0. The van der Waals surface area contributed by atoms with Gasteiger partial charge in [-0.05, 0) is 29.7 Å². The molecule has 0 saturated heterocycles. The van der Waals surface area contributed by atoms with Gasteiger partial charge in [-0.15, -0.1) is 0 Å². The van der Waals surface area contributed by atoms with Crippen molar-refractivity contribution in [1.29, 1.82) is 0 Å². The van der Waals surface area contributed by atoms with E-state index >= 15 is 0 Å². The molecule has 0 spiro atoms. The van der Waals surface area contributed by atoms with Crippen LogP contribution in [0.4, 0.5) is 5.69 Å². The van der Waals surface area contributed by atoms with Gasteiger partial charge in [0.15, 0.2) is 0 Å². The van der Waals surface area contributed by atoms with Crippen LogP contribution in [0.5, 0.6) is 0 Å². The number of rotatable bonds is 4. The highest BCUT2D eigenvalue weighted by molar-refractivity contribution is 8.02. The Hall–Kier alpha value is -2.07. The van der Waals surface area contributed by atoms with Crippen molar-refractivity contribution in [2.75, 3.05) is 5.32 Å². The van der Waals surface area contributed by atoms with Gasteiger partial charge in [0.1, 0.15) is 0 Å². The number of aromatic nitrogens is 1. The summed E-state index contributed by atoms with van der Waals surface area (Å²) < 4.78 is 0. The Morgan fingerprint density at radius 1 is 1.11 bits per heavy atom. The minimum atomic E-state index is -0.148. The van der Waals surface area contributed by atoms with E-state index in [-0.39, 0.29) is 5.91 Å². The van der Waals surface area contributed by atoms with Gasteiger partial charge in [-0.1, -0.05) is 30.0 Å². The minimum Gasteiger partial charge on any atom is -0.322 e. The molecule has 18 heavy (non-hydrogen) atoms. The molecule has 1 amide bonds. The molecule has 1 heterocycles. The third-order valence-corrected chi connectivity index (χ3v) is 2.93. The standard InChI is InChI=1S/C14H12N2OS/c17-14(16-12-6-9-15-10-7-12)8-11-18-13-4-2-1-3-5-13/h1-11H,(H,15,16,17)/b11-8+. The molecule has 1 aromatic carbocycles. The lowest BCUT2D eigenvalue weighted by atomic mass is 10.4. The number of benzene rings is 1. The van der Waals surface area contributed by atoms with E-state index < -0.39 is 0 Å². The first-order chi connectivity index (χ1) is 8.84. The van der Waals surface area contributed by atoms with Crippen molar-refractivity contribution in [3.8, 4) is 0 Å². The molecule has 4 heteroatoms. The van der Waals surface area contributed by atoms with Crippen LogP contribution < -0.4 is 5.32 Å². The van der Waals surface area contributed by atoms with E-state index in [0.29, 0.717) is 0 Å². The Bertz CT molecular complexity index is 526. The molecule has 3 nitrogen and oxygen atoms in total. The molecule has 0 bridgehead atoms. The number of nitrogens with zero attached hydrogens (tertiary/aromatic N) is 1. The molecular weight excluding hydrogens is 244 g/mol. The van der Waals surface area contributed by atoms with E-state index in [1.807, 2.05) is 30.3 Å². The predicted octanol–water partition coefficient (Wildman–Crippen LogP) is 3.33. The number of amides is 1. The van der Waals surface area contributed by atoms with Crippen molar-refractivity contribution in [1.82, 2.24) is 4.98 Å². The quantitative estimate of drug-likeness (QED) is 0.674. The number of nitrogens with one attached hydrogen (secondary N) is 1. The van der Waals surface area contributed by atoms with Crippen molar-refractivity contribution < 1.29 is 4.79 Å². The van der Waals surface area contributed by atoms with Crippen LogP contribution >= 0.6 is 11.8 Å². The van der Waals surface area contributed by atoms with Gasteiger partial charge in [0.2, 0.25) is 5.91 Å². The van der Waals surface area contributed by atoms with Gasteiger partial charge in [-0.2, -0.15) is 0 Å². The first kappa shape index (κ1) is 12.4. The zero-order valence-electron chi connectivity index (χ0n) is 9.61. The van der Waals surface area contributed by atoms with E-state index in [4.69, 9.17) is 0 Å². The molecule has 0 aliphatic rings. The Balaban J connectivity index is 1.85. The maximum Gasteiger partial charge on any atom is 0.248 e. The molecule has 0 radical (unpaired) electrons. The highest BCUT2D eigenvalue weighted by Gasteiger charge is 1.96. The highest BCUT2D eigenvalue weighted by atomic mass is 32.2. The summed E-state index contributed by atoms with van der Waals surface area (Å²) in [4.78, 5) is 16.6. The van der Waals surface area contributed by atoms with E-state index in [9.17, 15) is 4.79 Å². The molecule has 0 aliphatic heterocycles. The third-order valence-electron chi connectivity index (χ3n) is 2.11. The van der Waals surface area contributed by atoms with Crippen molar-refractivity contribution in [3.05, 3.63) is 66.3 Å². The molecule has 1 N–H and O–H groups in total. The zero-order valence-corrected chi connectivity index (χ0v) is 10.4. The Morgan fingerprint density at radius 2 is 1.83 bits per heavy atom. The summed E-state index contributed by atoms with van der Waals surface area (Å²) in [6.45, 7) is 0. The first-order valence-electron chi connectivity index (χ1n) is 5.44. The van der Waals surface area contributed by atoms with E-state index in [1.165, 1.54) is 17.8 Å². The Kier molecular flexibility index (Phi) is 4.55. The number of pyridine rings is 1. The van der Waals surface area contributed by atoms with Gasteiger partial charge >= 0.3 is 0 Å². The second-order valence-electron chi connectivity index (χ2n) is 3.46. The second kappa shape index (κ2) is 6.61. The molecular formula is C14H12N2OS. The van der Waals surface area contributed by atoms with Gasteiger partial charge in [0, 0.05) is 29.1 Å². The summed E-state index contributed by atoms with van der Waals surface area (Å²) in [5, 5.41) is 4.52. The molecule has 0 aliphatic carbocycles. The van der Waals surface area contributed by atoms with Crippen LogP contribution in [0, 0.1) is 0 Å². The molecule has 0 saturated carbocycles. The Morgan fingerprint density at radius 3 is 2.56 bits per heavy atom. The summed E-state index contributed by atoms with van der Waals surface area (Å²) in [6.07, 6.45) is 4.79. The van der Waals surface area contributed by atoms with Crippen LogP contribution in [-0.4, -0.2) is 10.9 Å². The van der Waals surface area contributed by atoms with Gasteiger partial charge in [-0.25, -0.2) is 0 Å². The van der Waals surface area contributed by atoms with Gasteiger partial charge in [-0.3, -0.25) is 9.78 Å². The topological polar surface area (TPSA) is 42.0 Å². The predicted molar refractivity (Wildman–Crippen MR) is 74.3 cm³/mol. The second-order valence-corrected chi connectivity index (χ2v) is 4.44. The summed E-state index contributed by atoms with van der Waals surface area (Å²) in [5.41, 5.74) is 0.740. The molecule has 2 aromatic rings. The summed E-state index contributed by atoms with van der Waals surface area (Å²) in [7, 11) is 0. The largest absolute Gasteiger partial charge is 0.322 e. The van der Waals surface area contributed by atoms with Crippen LogP contribution in [0.2, 0.25) is 0 Å². The van der Waals surface area contributed by atoms with Crippen LogP contribution in [0.3, 0.4) is 0 Å². The first-order valence-corrected chi connectivity index (χ1v) is 6.32. The lowest BCUT2D eigenvalue weighted by Crippen LogP contribution is -2.07. The Labute approximate surface area is 110 Å². The average molecular weight is 256 g/mol. The van der Waals surface area contributed by atoms with E-state index in [2.05, 4.69) is 10.3 Å². The molecule has 2 rings (SSSR count). The SMILES string of the molecule is O=C(/C=C/Sc1ccccc1)Nc1ccncc1. The summed E-state index contributed by atoms with van der Waals surface area (Å²) in [6, 6.07) is 13.4. The molecule has 0 unspecified atom stereocenters. The maximum absolute atomic E-state index is 11.6. The monoisotopic (exact) mass is 256 g/mol. The minimum absolute atomic E-state index is 0.148.